The Morgan fingerprint density at radius 3 is 2.64 bits per heavy atom. The molecule has 14 heavy (non-hydrogen) atoms. The van der Waals surface area contributed by atoms with Crippen LogP contribution in [0.5, 0.6) is 0 Å². The molecule has 0 amide bonds. The summed E-state index contributed by atoms with van der Waals surface area (Å²) < 4.78 is 0. The van der Waals surface area contributed by atoms with Crippen LogP contribution in [0.2, 0.25) is 0 Å². The Morgan fingerprint density at radius 1 is 1.36 bits per heavy atom. The average Bonchev–Trinajstić information content (AvgIpc) is 2.19. The summed E-state index contributed by atoms with van der Waals surface area (Å²) in [5, 5.41) is 8.10. The Kier molecular flexibility index (Phi) is 3.80. The molecule has 2 nitrogen and oxygen atoms in total. The summed E-state index contributed by atoms with van der Waals surface area (Å²) in [7, 11) is 0. The van der Waals surface area contributed by atoms with E-state index in [4.69, 9.17) is 0 Å². The fourth-order valence-corrected chi connectivity index (χ4v) is 1.09. The second kappa shape index (κ2) is 5.12. The van der Waals surface area contributed by atoms with Crippen LogP contribution >= 0.6 is 0 Å². The summed E-state index contributed by atoms with van der Waals surface area (Å²) in [5.74, 6) is 0. The molecule has 2 heteroatoms. The van der Waals surface area contributed by atoms with E-state index >= 15 is 0 Å². The third kappa shape index (κ3) is 2.66. The maximum Gasteiger partial charge on any atom is 0.0929 e. The first kappa shape index (κ1) is 10.4. The molecule has 0 aliphatic carbocycles. The van der Waals surface area contributed by atoms with E-state index < -0.39 is 0 Å². The van der Waals surface area contributed by atoms with Gasteiger partial charge in [-0.1, -0.05) is 30.9 Å². The van der Waals surface area contributed by atoms with E-state index in [1.54, 1.807) is 6.08 Å². The minimum Gasteiger partial charge on any atom is -0.155 e. The number of nitrogens with zero attached hydrogens (tertiary/aromatic N) is 2. The van der Waals surface area contributed by atoms with Crippen LogP contribution in [0, 0.1) is 6.92 Å². The maximum atomic E-state index is 4.10. The van der Waals surface area contributed by atoms with Crippen molar-refractivity contribution < 1.29 is 0 Å². The zero-order valence-corrected chi connectivity index (χ0v) is 8.57. The molecule has 0 atom stereocenters. The lowest BCUT2D eigenvalue weighted by molar-refractivity contribution is 0.966. The smallest absolute Gasteiger partial charge is 0.0929 e. The fourth-order valence-electron chi connectivity index (χ4n) is 1.09. The molecule has 0 aromatic carbocycles. The molecule has 0 saturated heterocycles. The van der Waals surface area contributed by atoms with Crippen molar-refractivity contribution in [3.05, 3.63) is 54.4 Å². The second-order valence-electron chi connectivity index (χ2n) is 2.92. The van der Waals surface area contributed by atoms with Gasteiger partial charge in [0.2, 0.25) is 0 Å². The van der Waals surface area contributed by atoms with Gasteiger partial charge in [-0.2, -0.15) is 10.2 Å². The first-order valence-corrected chi connectivity index (χ1v) is 4.54. The van der Waals surface area contributed by atoms with Crippen LogP contribution in [0.4, 0.5) is 0 Å². The van der Waals surface area contributed by atoms with Crippen molar-refractivity contribution >= 4 is 5.57 Å². The lowest BCUT2D eigenvalue weighted by atomic mass is 10.1. The van der Waals surface area contributed by atoms with Gasteiger partial charge in [0.15, 0.2) is 0 Å². The number of aromatic nitrogens is 2. The van der Waals surface area contributed by atoms with Gasteiger partial charge in [0.1, 0.15) is 0 Å². The molecule has 1 aromatic rings. The zero-order valence-electron chi connectivity index (χ0n) is 8.57. The predicted molar refractivity (Wildman–Crippen MR) is 59.8 cm³/mol. The Labute approximate surface area is 84.7 Å². The van der Waals surface area contributed by atoms with Crippen molar-refractivity contribution in [1.29, 1.82) is 0 Å². The molecule has 0 fully saturated rings. The zero-order chi connectivity index (χ0) is 10.4. The monoisotopic (exact) mass is 186 g/mol. The molecule has 1 aromatic heterocycles. The molecular formula is C12H14N2. The Balaban J connectivity index is 3.05. The van der Waals surface area contributed by atoms with Gasteiger partial charge in [-0.25, -0.2) is 0 Å². The van der Waals surface area contributed by atoms with Gasteiger partial charge < -0.3 is 0 Å². The molecule has 0 N–H and O–H groups in total. The number of hydrogen-bond donors (Lipinski definition) is 0. The molecule has 0 saturated carbocycles. The standard InChI is InChI=1S/C12H14N2/c1-4-6-11(7-5-2)12-9-8-10(3)13-14-12/h4-9H,1H2,2-3H3/b7-5-,11-6+. The first-order valence-electron chi connectivity index (χ1n) is 4.54. The topological polar surface area (TPSA) is 25.8 Å². The Morgan fingerprint density at radius 2 is 2.14 bits per heavy atom. The highest BCUT2D eigenvalue weighted by molar-refractivity contribution is 5.72. The maximum absolute atomic E-state index is 4.10. The van der Waals surface area contributed by atoms with Gasteiger partial charge in [0.25, 0.3) is 0 Å². The summed E-state index contributed by atoms with van der Waals surface area (Å²) in [4.78, 5) is 0. The van der Waals surface area contributed by atoms with Gasteiger partial charge in [-0.05, 0) is 26.0 Å². The van der Waals surface area contributed by atoms with E-state index in [1.807, 2.05) is 44.2 Å². The summed E-state index contributed by atoms with van der Waals surface area (Å²) in [5.41, 5.74) is 2.82. The van der Waals surface area contributed by atoms with Crippen LogP contribution in [-0.2, 0) is 0 Å². The number of hydrogen-bond acceptors (Lipinski definition) is 2. The normalized spacial score (nSPS) is 12.0. The molecule has 0 aliphatic rings. The largest absolute Gasteiger partial charge is 0.155 e. The highest BCUT2D eigenvalue weighted by Gasteiger charge is 1.98. The number of aryl methyl sites for hydroxylation is 1. The second-order valence-corrected chi connectivity index (χ2v) is 2.92. The van der Waals surface area contributed by atoms with Crippen molar-refractivity contribution in [2.75, 3.05) is 0 Å². The van der Waals surface area contributed by atoms with Crippen LogP contribution in [0.15, 0.2) is 43.0 Å². The third-order valence-corrected chi connectivity index (χ3v) is 1.74. The highest BCUT2D eigenvalue weighted by Crippen LogP contribution is 2.12. The lowest BCUT2D eigenvalue weighted by Crippen LogP contribution is -1.91. The number of rotatable bonds is 3. The summed E-state index contributed by atoms with van der Waals surface area (Å²) >= 11 is 0. The minimum absolute atomic E-state index is 0.869. The molecule has 0 unspecified atom stereocenters. The highest BCUT2D eigenvalue weighted by atomic mass is 15.1. The van der Waals surface area contributed by atoms with E-state index in [1.165, 1.54) is 0 Å². The van der Waals surface area contributed by atoms with Crippen LogP contribution in [-0.4, -0.2) is 10.2 Å². The van der Waals surface area contributed by atoms with Crippen LogP contribution in [0.3, 0.4) is 0 Å². The van der Waals surface area contributed by atoms with Gasteiger partial charge in [0, 0.05) is 5.57 Å². The molecule has 1 rings (SSSR count). The van der Waals surface area contributed by atoms with Gasteiger partial charge in [-0.3, -0.25) is 0 Å². The molecule has 72 valence electrons. The first-order chi connectivity index (χ1) is 6.77. The van der Waals surface area contributed by atoms with Gasteiger partial charge >= 0.3 is 0 Å². The van der Waals surface area contributed by atoms with Crippen molar-refractivity contribution in [3.63, 3.8) is 0 Å². The van der Waals surface area contributed by atoms with Gasteiger partial charge in [0.05, 0.1) is 11.4 Å². The molecule has 0 spiro atoms. The van der Waals surface area contributed by atoms with E-state index in [0.717, 1.165) is 17.0 Å². The third-order valence-electron chi connectivity index (χ3n) is 1.74. The van der Waals surface area contributed by atoms with Crippen molar-refractivity contribution in [1.82, 2.24) is 10.2 Å². The summed E-state index contributed by atoms with van der Waals surface area (Å²) in [6, 6.07) is 3.90. The van der Waals surface area contributed by atoms with Crippen LogP contribution in [0.1, 0.15) is 18.3 Å². The SMILES string of the molecule is C=C/C=C(\C=C/C)c1ccc(C)nn1. The molecular weight excluding hydrogens is 172 g/mol. The average molecular weight is 186 g/mol. The summed E-state index contributed by atoms with van der Waals surface area (Å²) in [6.45, 7) is 7.56. The molecule has 0 aliphatic heterocycles. The minimum atomic E-state index is 0.869. The predicted octanol–water partition coefficient (Wildman–Crippen LogP) is 2.93. The van der Waals surface area contributed by atoms with E-state index in [2.05, 4.69) is 16.8 Å². The van der Waals surface area contributed by atoms with Crippen molar-refractivity contribution in [3.8, 4) is 0 Å². The van der Waals surface area contributed by atoms with Crippen molar-refractivity contribution in [2.24, 2.45) is 0 Å². The Hall–Kier alpha value is -1.70. The fraction of sp³-hybridized carbons (Fsp3) is 0.167. The molecule has 1 heterocycles. The van der Waals surface area contributed by atoms with Crippen LogP contribution in [0.25, 0.3) is 5.57 Å². The quantitative estimate of drug-likeness (QED) is 0.678. The summed E-state index contributed by atoms with van der Waals surface area (Å²) in [6.07, 6.45) is 7.62. The lowest BCUT2D eigenvalue weighted by Gasteiger charge is -1.99. The molecule has 0 bridgehead atoms. The van der Waals surface area contributed by atoms with E-state index in [-0.39, 0.29) is 0 Å². The van der Waals surface area contributed by atoms with Crippen LogP contribution < -0.4 is 0 Å². The van der Waals surface area contributed by atoms with E-state index in [9.17, 15) is 0 Å². The van der Waals surface area contributed by atoms with E-state index in [0.29, 0.717) is 0 Å². The molecule has 0 radical (unpaired) electrons. The Bertz CT molecular complexity index is 358. The van der Waals surface area contributed by atoms with Crippen molar-refractivity contribution in [2.45, 2.75) is 13.8 Å². The number of allylic oxidation sites excluding steroid dienone is 5. The van der Waals surface area contributed by atoms with Gasteiger partial charge in [-0.15, -0.1) is 0 Å².